The van der Waals surface area contributed by atoms with E-state index in [4.69, 9.17) is 10.2 Å². The van der Waals surface area contributed by atoms with E-state index >= 15 is 0 Å². The zero-order valence-corrected chi connectivity index (χ0v) is 11.1. The topological polar surface area (TPSA) is 74.6 Å². The quantitative estimate of drug-likeness (QED) is 0.504. The van der Waals surface area contributed by atoms with Gasteiger partial charge in [-0.3, -0.25) is 0 Å². The third-order valence-electron chi connectivity index (χ3n) is 3.06. The van der Waals surface area contributed by atoms with Crippen molar-refractivity contribution in [2.45, 2.75) is 0 Å². The van der Waals surface area contributed by atoms with Crippen molar-refractivity contribution in [1.82, 2.24) is 0 Å². The van der Waals surface area contributed by atoms with Crippen LogP contribution in [0.1, 0.15) is 20.7 Å². The molecule has 0 aliphatic rings. The van der Waals surface area contributed by atoms with Crippen LogP contribution in [-0.4, -0.2) is 22.2 Å². The maximum atomic E-state index is 14.0. The highest BCUT2D eigenvalue weighted by atomic mass is 19.2. The number of benzene rings is 2. The fourth-order valence-electron chi connectivity index (χ4n) is 2.05. The number of aromatic carboxylic acids is 2. The van der Waals surface area contributed by atoms with Crippen LogP contribution in [0, 0.1) is 34.9 Å². The highest BCUT2D eigenvalue weighted by Gasteiger charge is 2.33. The molecule has 10 heteroatoms. The Hall–Kier alpha value is -3.04. The predicted molar refractivity (Wildman–Crippen MR) is 65.5 cm³/mol. The molecule has 126 valence electrons. The van der Waals surface area contributed by atoms with Gasteiger partial charge in [0, 0.05) is 11.1 Å². The molecule has 0 saturated heterocycles. The van der Waals surface area contributed by atoms with E-state index in [2.05, 4.69) is 0 Å². The lowest BCUT2D eigenvalue weighted by molar-refractivity contribution is 0.0677. The van der Waals surface area contributed by atoms with E-state index in [0.717, 1.165) is 0 Å². The highest BCUT2D eigenvalue weighted by molar-refractivity contribution is 6.02. The van der Waals surface area contributed by atoms with Crippen LogP contribution in [0.25, 0.3) is 11.1 Å². The Morgan fingerprint density at radius 1 is 0.667 bits per heavy atom. The number of carbonyl (C=O) groups is 2. The lowest BCUT2D eigenvalue weighted by Crippen LogP contribution is -2.14. The molecule has 0 heterocycles. The predicted octanol–water partition coefficient (Wildman–Crippen LogP) is 3.58. The second-order valence-electron chi connectivity index (χ2n) is 4.40. The SMILES string of the molecule is O=C(O)c1c(-c2c(F)c(F)c(F)c(F)c2C(=O)O)ccc(F)c1F. The van der Waals surface area contributed by atoms with Gasteiger partial charge in [-0.25, -0.2) is 35.9 Å². The van der Waals surface area contributed by atoms with Gasteiger partial charge >= 0.3 is 11.9 Å². The minimum atomic E-state index is -2.45. The van der Waals surface area contributed by atoms with Crippen LogP contribution < -0.4 is 0 Å². The number of carboxylic acid groups (broad SMARTS) is 2. The van der Waals surface area contributed by atoms with Crippen molar-refractivity contribution in [3.8, 4) is 11.1 Å². The lowest BCUT2D eigenvalue weighted by Gasteiger charge is -2.13. The fraction of sp³-hybridized carbons (Fsp3) is 0. The molecule has 0 unspecified atom stereocenters. The molecule has 0 atom stereocenters. The molecule has 2 aromatic rings. The van der Waals surface area contributed by atoms with Crippen LogP contribution in [0.3, 0.4) is 0 Å². The minimum absolute atomic E-state index is 0.293. The molecule has 2 aromatic carbocycles. The van der Waals surface area contributed by atoms with Crippen molar-refractivity contribution < 1.29 is 46.1 Å². The monoisotopic (exact) mass is 350 g/mol. The first kappa shape index (κ1) is 17.3. The first-order valence-electron chi connectivity index (χ1n) is 5.90. The molecule has 0 saturated carbocycles. The Morgan fingerprint density at radius 3 is 1.67 bits per heavy atom. The molecule has 2 rings (SSSR count). The minimum Gasteiger partial charge on any atom is -0.478 e. The Bertz CT molecular complexity index is 894. The van der Waals surface area contributed by atoms with Gasteiger partial charge < -0.3 is 10.2 Å². The van der Waals surface area contributed by atoms with E-state index in [1.807, 2.05) is 0 Å². The van der Waals surface area contributed by atoms with Crippen LogP contribution in [0.5, 0.6) is 0 Å². The summed E-state index contributed by atoms with van der Waals surface area (Å²) in [6, 6.07) is 0.699. The molecule has 0 aliphatic heterocycles. The maximum Gasteiger partial charge on any atom is 0.339 e. The van der Waals surface area contributed by atoms with Crippen LogP contribution in [-0.2, 0) is 0 Å². The van der Waals surface area contributed by atoms with Crippen LogP contribution >= 0.6 is 0 Å². The molecule has 0 aliphatic carbocycles. The normalized spacial score (nSPS) is 10.8. The molecular weight excluding hydrogens is 346 g/mol. The van der Waals surface area contributed by atoms with E-state index in [1.165, 1.54) is 0 Å². The summed E-state index contributed by atoms with van der Waals surface area (Å²) in [5.74, 6) is -17.6. The third kappa shape index (κ3) is 2.45. The van der Waals surface area contributed by atoms with Gasteiger partial charge in [-0.1, -0.05) is 6.07 Å². The van der Waals surface area contributed by atoms with Crippen molar-refractivity contribution in [3.63, 3.8) is 0 Å². The molecule has 0 amide bonds. The Balaban J connectivity index is 3.07. The third-order valence-corrected chi connectivity index (χ3v) is 3.06. The largest absolute Gasteiger partial charge is 0.478 e. The number of rotatable bonds is 3. The van der Waals surface area contributed by atoms with Gasteiger partial charge in [-0.15, -0.1) is 0 Å². The van der Waals surface area contributed by atoms with Crippen molar-refractivity contribution in [2.75, 3.05) is 0 Å². The van der Waals surface area contributed by atoms with Crippen molar-refractivity contribution in [1.29, 1.82) is 0 Å². The zero-order valence-electron chi connectivity index (χ0n) is 11.1. The zero-order chi connectivity index (χ0) is 18.3. The molecule has 0 bridgehead atoms. The molecule has 0 spiro atoms. The van der Waals surface area contributed by atoms with E-state index in [0.29, 0.717) is 12.1 Å². The lowest BCUT2D eigenvalue weighted by atomic mass is 9.93. The maximum absolute atomic E-state index is 14.0. The first-order chi connectivity index (χ1) is 11.1. The van der Waals surface area contributed by atoms with Crippen LogP contribution in [0.4, 0.5) is 26.3 Å². The molecule has 0 aromatic heterocycles. The van der Waals surface area contributed by atoms with Crippen molar-refractivity contribution >= 4 is 11.9 Å². The Labute approximate surface area is 128 Å². The fourth-order valence-corrected chi connectivity index (χ4v) is 2.05. The smallest absolute Gasteiger partial charge is 0.339 e. The number of hydrogen-bond donors (Lipinski definition) is 2. The number of carboxylic acids is 2. The molecule has 2 N–H and O–H groups in total. The van der Waals surface area contributed by atoms with E-state index < -0.39 is 69.1 Å². The summed E-state index contributed by atoms with van der Waals surface area (Å²) in [5.41, 5.74) is -6.06. The average molecular weight is 350 g/mol. The first-order valence-corrected chi connectivity index (χ1v) is 5.90. The second kappa shape index (κ2) is 5.87. The number of hydrogen-bond acceptors (Lipinski definition) is 2. The van der Waals surface area contributed by atoms with E-state index in [-0.39, 0.29) is 0 Å². The van der Waals surface area contributed by atoms with Gasteiger partial charge in [0.05, 0.1) is 0 Å². The number of halogens is 6. The molecular formula is C14H4F6O4. The summed E-state index contributed by atoms with van der Waals surface area (Å²) in [7, 11) is 0. The van der Waals surface area contributed by atoms with Crippen LogP contribution in [0.2, 0.25) is 0 Å². The van der Waals surface area contributed by atoms with Crippen molar-refractivity contribution in [2.24, 2.45) is 0 Å². The Kier molecular flexibility index (Phi) is 4.24. The molecule has 4 nitrogen and oxygen atoms in total. The van der Waals surface area contributed by atoms with Crippen molar-refractivity contribution in [3.05, 3.63) is 58.2 Å². The average Bonchev–Trinajstić information content (AvgIpc) is 2.50. The molecule has 0 radical (unpaired) electrons. The summed E-state index contributed by atoms with van der Waals surface area (Å²) in [4.78, 5) is 22.1. The highest BCUT2D eigenvalue weighted by Crippen LogP contribution is 2.36. The van der Waals surface area contributed by atoms with E-state index in [9.17, 15) is 35.9 Å². The van der Waals surface area contributed by atoms with Gasteiger partial charge in [0.15, 0.2) is 34.9 Å². The Morgan fingerprint density at radius 2 is 1.17 bits per heavy atom. The van der Waals surface area contributed by atoms with Gasteiger partial charge in [0.1, 0.15) is 11.1 Å². The molecule has 24 heavy (non-hydrogen) atoms. The summed E-state index contributed by atoms with van der Waals surface area (Å²) in [6.45, 7) is 0. The molecule has 0 fully saturated rings. The van der Waals surface area contributed by atoms with Gasteiger partial charge in [0.2, 0.25) is 0 Å². The van der Waals surface area contributed by atoms with Crippen LogP contribution in [0.15, 0.2) is 12.1 Å². The summed E-state index contributed by atoms with van der Waals surface area (Å²) in [5, 5.41) is 17.8. The van der Waals surface area contributed by atoms with Gasteiger partial charge in [-0.2, -0.15) is 0 Å². The van der Waals surface area contributed by atoms with E-state index in [1.54, 1.807) is 0 Å². The standard InChI is InChI=1S/C14H4F6O4/c15-4-2-1-3(6(8(4)16)13(21)22)5-7(14(23)24)10(18)12(20)11(19)9(5)17/h1-2H,(H,21,22)(H,23,24). The summed E-state index contributed by atoms with van der Waals surface area (Å²) >= 11 is 0. The van der Waals surface area contributed by atoms with Gasteiger partial charge in [0.25, 0.3) is 0 Å². The summed E-state index contributed by atoms with van der Waals surface area (Å²) < 4.78 is 81.1. The summed E-state index contributed by atoms with van der Waals surface area (Å²) in [6.07, 6.45) is 0. The second-order valence-corrected chi connectivity index (χ2v) is 4.40. The van der Waals surface area contributed by atoms with Gasteiger partial charge in [-0.05, 0) is 6.07 Å².